The van der Waals surface area contributed by atoms with Crippen LogP contribution in [-0.2, 0) is 14.3 Å². The van der Waals surface area contributed by atoms with Gasteiger partial charge in [0.05, 0.1) is 0 Å². The maximum Gasteiger partial charge on any atom is 0.319 e. The first-order chi connectivity index (χ1) is 7.01. The summed E-state index contributed by atoms with van der Waals surface area (Å²) in [7, 11) is 0. The number of hydrogen-bond acceptors (Lipinski definition) is 3. The highest BCUT2D eigenvalue weighted by molar-refractivity contribution is 9.10. The van der Waals surface area contributed by atoms with Gasteiger partial charge in [-0.3, -0.25) is 9.59 Å². The summed E-state index contributed by atoms with van der Waals surface area (Å²) in [6, 6.07) is 0. The van der Waals surface area contributed by atoms with Gasteiger partial charge in [-0.15, -0.1) is 11.6 Å². The molecule has 1 atom stereocenters. The largest absolute Gasteiger partial charge is 0.462 e. The quantitative estimate of drug-likeness (QED) is 0.633. The van der Waals surface area contributed by atoms with Gasteiger partial charge in [0, 0.05) is 0 Å². The molecule has 0 saturated heterocycles. The molecule has 0 aliphatic heterocycles. The van der Waals surface area contributed by atoms with E-state index >= 15 is 0 Å². The summed E-state index contributed by atoms with van der Waals surface area (Å²) in [6.07, 6.45) is 3.13. The van der Waals surface area contributed by atoms with Crippen LogP contribution in [0.3, 0.4) is 0 Å². The van der Waals surface area contributed by atoms with Crippen molar-refractivity contribution in [3.63, 3.8) is 0 Å². The second-order valence-electron chi connectivity index (χ2n) is 3.11. The van der Waals surface area contributed by atoms with E-state index in [0.717, 1.165) is 19.3 Å². The maximum absolute atomic E-state index is 11.0. The van der Waals surface area contributed by atoms with Gasteiger partial charge in [-0.05, 0) is 19.3 Å². The van der Waals surface area contributed by atoms with Crippen LogP contribution < -0.4 is 5.73 Å². The summed E-state index contributed by atoms with van der Waals surface area (Å²) < 4.78 is 5.03. The zero-order valence-electron chi connectivity index (χ0n) is 8.54. The smallest absolute Gasteiger partial charge is 0.319 e. The number of nitrogens with two attached hydrogens (primary N) is 1. The molecule has 1 rings (SSSR count). The Labute approximate surface area is 103 Å². The summed E-state index contributed by atoms with van der Waals surface area (Å²) in [5, 5.41) is 0. The van der Waals surface area contributed by atoms with Gasteiger partial charge in [-0.2, -0.15) is 0 Å². The van der Waals surface area contributed by atoms with Crippen LogP contribution in [0.2, 0.25) is 0 Å². The molecule has 1 aliphatic carbocycles. The fourth-order valence-electron chi connectivity index (χ4n) is 0.591. The second-order valence-corrected chi connectivity index (χ2v) is 4.48. The molecule has 2 N–H and O–H groups in total. The number of alkyl halides is 2. The normalized spacial score (nSPS) is 15.9. The van der Waals surface area contributed by atoms with Crippen molar-refractivity contribution in [2.75, 3.05) is 5.88 Å². The number of primary amides is 1. The van der Waals surface area contributed by atoms with Crippen molar-refractivity contribution in [1.82, 2.24) is 0 Å². The van der Waals surface area contributed by atoms with Crippen LogP contribution >= 0.6 is 27.5 Å². The molecule has 4 nitrogen and oxygen atoms in total. The molecular weight excluding hydrogens is 285 g/mol. The minimum atomic E-state index is -0.480. The lowest BCUT2D eigenvalue weighted by Gasteiger charge is -2.05. The molecule has 1 amide bonds. The molecule has 0 spiro atoms. The van der Waals surface area contributed by atoms with Gasteiger partial charge in [-0.1, -0.05) is 22.9 Å². The predicted octanol–water partition coefficient (Wildman–Crippen LogP) is 1.58. The van der Waals surface area contributed by atoms with Crippen LogP contribution in [0.1, 0.15) is 26.2 Å². The number of esters is 1. The summed E-state index contributed by atoms with van der Waals surface area (Å²) in [4.78, 5) is 20.3. The van der Waals surface area contributed by atoms with Crippen molar-refractivity contribution in [3.05, 3.63) is 0 Å². The first kappa shape index (κ1) is 14.7. The zero-order valence-corrected chi connectivity index (χ0v) is 10.9. The van der Waals surface area contributed by atoms with Crippen molar-refractivity contribution < 1.29 is 14.3 Å². The number of carbonyl (C=O) groups is 2. The highest BCUT2D eigenvalue weighted by Gasteiger charge is 2.27. The standard InChI is InChI=1S/C7H11BrO2.C2H4ClNO/c1-2-6(8)7(9)10-5-3-4-5;3-1-2(4)5/h5-6H,2-4H2,1H3;1H2,(H2,4,5). The van der Waals surface area contributed by atoms with E-state index < -0.39 is 5.91 Å². The highest BCUT2D eigenvalue weighted by Crippen LogP contribution is 2.25. The van der Waals surface area contributed by atoms with Crippen molar-refractivity contribution >= 4 is 39.4 Å². The van der Waals surface area contributed by atoms with Gasteiger partial charge < -0.3 is 10.5 Å². The van der Waals surface area contributed by atoms with Gasteiger partial charge in [0.15, 0.2) is 0 Å². The molecule has 0 aromatic heterocycles. The van der Waals surface area contributed by atoms with E-state index in [1.165, 1.54) is 0 Å². The molecule has 1 saturated carbocycles. The van der Waals surface area contributed by atoms with Crippen LogP contribution in [0, 0.1) is 0 Å². The number of hydrogen-bond donors (Lipinski definition) is 1. The van der Waals surface area contributed by atoms with E-state index in [2.05, 4.69) is 21.7 Å². The zero-order chi connectivity index (χ0) is 11.8. The van der Waals surface area contributed by atoms with E-state index in [1.54, 1.807) is 0 Å². The van der Waals surface area contributed by atoms with Gasteiger partial charge in [0.25, 0.3) is 0 Å². The SMILES string of the molecule is CCC(Br)C(=O)OC1CC1.NC(=O)CCl. The molecule has 0 aromatic carbocycles. The number of ether oxygens (including phenoxy) is 1. The van der Waals surface area contributed by atoms with E-state index in [1.807, 2.05) is 6.92 Å². The van der Waals surface area contributed by atoms with E-state index in [9.17, 15) is 9.59 Å². The molecule has 0 radical (unpaired) electrons. The minimum absolute atomic E-state index is 0.0833. The molecule has 0 bridgehead atoms. The summed E-state index contributed by atoms with van der Waals surface area (Å²) >= 11 is 8.09. The number of carbonyl (C=O) groups excluding carboxylic acids is 2. The lowest BCUT2D eigenvalue weighted by Crippen LogP contribution is -2.17. The lowest BCUT2D eigenvalue weighted by molar-refractivity contribution is -0.144. The molecule has 1 fully saturated rings. The fraction of sp³-hybridized carbons (Fsp3) is 0.778. The van der Waals surface area contributed by atoms with Gasteiger partial charge in [-0.25, -0.2) is 0 Å². The number of rotatable bonds is 4. The van der Waals surface area contributed by atoms with Gasteiger partial charge >= 0.3 is 5.97 Å². The average molecular weight is 301 g/mol. The molecule has 6 heteroatoms. The van der Waals surface area contributed by atoms with Gasteiger partial charge in [0.2, 0.25) is 5.91 Å². The third kappa shape index (κ3) is 8.69. The Balaban J connectivity index is 0.000000336. The monoisotopic (exact) mass is 299 g/mol. The van der Waals surface area contributed by atoms with Crippen molar-refractivity contribution in [3.8, 4) is 0 Å². The predicted molar refractivity (Wildman–Crippen MR) is 62.0 cm³/mol. The Morgan fingerprint density at radius 3 is 2.33 bits per heavy atom. The van der Waals surface area contributed by atoms with Gasteiger partial charge in [0.1, 0.15) is 16.8 Å². The molecule has 15 heavy (non-hydrogen) atoms. The highest BCUT2D eigenvalue weighted by atomic mass is 79.9. The maximum atomic E-state index is 11.0. The first-order valence-electron chi connectivity index (χ1n) is 4.70. The third-order valence-corrected chi connectivity index (χ3v) is 2.84. The lowest BCUT2D eigenvalue weighted by atomic mass is 10.3. The Kier molecular flexibility index (Phi) is 7.78. The number of halogens is 2. The Morgan fingerprint density at radius 2 is 2.07 bits per heavy atom. The topological polar surface area (TPSA) is 69.4 Å². The third-order valence-electron chi connectivity index (χ3n) is 1.55. The Morgan fingerprint density at radius 1 is 1.60 bits per heavy atom. The van der Waals surface area contributed by atoms with Crippen molar-refractivity contribution in [1.29, 1.82) is 0 Å². The summed E-state index contributed by atoms with van der Waals surface area (Å²) in [6.45, 7) is 1.95. The minimum Gasteiger partial charge on any atom is -0.462 e. The Bertz CT molecular complexity index is 221. The fourth-order valence-corrected chi connectivity index (χ4v) is 0.699. The second kappa shape index (κ2) is 7.93. The molecular formula is C9H15BrClNO3. The van der Waals surface area contributed by atoms with Crippen LogP contribution in [0.4, 0.5) is 0 Å². The number of amides is 1. The average Bonchev–Trinajstić information content (AvgIpc) is 3.01. The Hall–Kier alpha value is -0.290. The molecule has 0 heterocycles. The summed E-state index contributed by atoms with van der Waals surface area (Å²) in [5.74, 6) is -0.670. The molecule has 88 valence electrons. The molecule has 1 unspecified atom stereocenters. The van der Waals surface area contributed by atoms with E-state index in [-0.39, 0.29) is 22.8 Å². The molecule has 1 aliphatic rings. The summed E-state index contributed by atoms with van der Waals surface area (Å²) in [5.41, 5.74) is 4.52. The van der Waals surface area contributed by atoms with Crippen LogP contribution in [-0.4, -0.2) is 28.7 Å². The van der Waals surface area contributed by atoms with E-state index in [0.29, 0.717) is 0 Å². The van der Waals surface area contributed by atoms with Crippen LogP contribution in [0.5, 0.6) is 0 Å². The van der Waals surface area contributed by atoms with Crippen LogP contribution in [0.15, 0.2) is 0 Å². The van der Waals surface area contributed by atoms with Crippen molar-refractivity contribution in [2.45, 2.75) is 37.1 Å². The van der Waals surface area contributed by atoms with Crippen LogP contribution in [0.25, 0.3) is 0 Å². The molecule has 0 aromatic rings. The first-order valence-corrected chi connectivity index (χ1v) is 6.15. The van der Waals surface area contributed by atoms with E-state index in [4.69, 9.17) is 16.3 Å². The van der Waals surface area contributed by atoms with Crippen molar-refractivity contribution in [2.24, 2.45) is 5.73 Å².